The number of hydrogen-bond donors (Lipinski definition) is 0. The Morgan fingerprint density at radius 1 is 0.298 bits per heavy atom. The molecule has 0 spiro atoms. The van der Waals surface area contributed by atoms with E-state index in [1.807, 2.05) is 0 Å². The molecule has 0 aliphatic carbocycles. The summed E-state index contributed by atoms with van der Waals surface area (Å²) in [6.07, 6.45) is 0. The highest BCUT2D eigenvalue weighted by Crippen LogP contribution is 2.45. The predicted octanol–water partition coefficient (Wildman–Crippen LogP) is 14.3. The van der Waals surface area contributed by atoms with Crippen molar-refractivity contribution in [2.75, 3.05) is 0 Å². The molecule has 0 amide bonds. The maximum atomic E-state index is 10.2. The molecule has 0 radical (unpaired) electrons. The quantitative estimate of drug-likeness (QED) is 0.166. The van der Waals surface area contributed by atoms with Crippen molar-refractivity contribution in [3.63, 3.8) is 0 Å². The summed E-state index contributed by atoms with van der Waals surface area (Å²) in [7, 11) is 0. The molecule has 0 bridgehead atoms. The summed E-state index contributed by atoms with van der Waals surface area (Å²) in [6.45, 7) is 0. The maximum absolute atomic E-state index is 10.2. The first-order valence-electron chi connectivity index (χ1n) is 34.3. The number of para-hydroxylation sites is 6. The van der Waals surface area contributed by atoms with Gasteiger partial charge < -0.3 is 13.7 Å². The lowest BCUT2D eigenvalue weighted by molar-refractivity contribution is 1.13. The van der Waals surface area contributed by atoms with Gasteiger partial charge in [-0.25, -0.2) is 0 Å². The first-order valence-corrected chi connectivity index (χ1v) is 16.8. The zero-order chi connectivity index (χ0) is 67.9. The Bertz CT molecular complexity index is 5350. The Kier molecular flexibility index (Phi) is 2.78. The number of nitrogens with zero attached hydrogens (tertiary/aromatic N) is 3. The van der Waals surface area contributed by atoms with Crippen LogP contribution in [0.25, 0.3) is 105 Å². The van der Waals surface area contributed by atoms with Crippen molar-refractivity contribution in [2.24, 2.45) is 0 Å². The molecule has 57 heavy (non-hydrogen) atoms. The van der Waals surface area contributed by atoms with Crippen LogP contribution in [0.2, 0.25) is 0 Å². The van der Waals surface area contributed by atoms with Gasteiger partial charge in [-0.1, -0.05) is 163 Å². The molecule has 0 aliphatic rings. The Labute approximate surface area is 378 Å². The van der Waals surface area contributed by atoms with Crippen LogP contribution in [0, 0.1) is 0 Å². The summed E-state index contributed by atoms with van der Waals surface area (Å²) in [5, 5.41) is -4.34. The average molecular weight is 761 g/mol. The third kappa shape index (κ3) is 4.66. The number of aromatic nitrogens is 3. The molecule has 3 nitrogen and oxygen atoms in total. The SMILES string of the molecule is [2H]c1c([2H])c([2H])c(-c2c([2H])c([2H])c([2H])c(-c3c([2H])c([2H])c([2H])c([2H])c3[2H])c2-n2c3c([2H])c([2H])c([2H])c([2H])c3c3c([2H])c([2H])c([2H])c(-n4c5c([2H])c([2H])c([2H])c([2H])c5c5c([2H])c(-n6c7c([2H])c([2H])c([2H])c([2H])c7c7c([2H])c([2H])c([2H])c([2H])c76)c([2H])c([2H])c54)c32)c([2H])c1[2H]. The molecular weight excluding hydrogens is 691 g/mol. The minimum atomic E-state index is -1.24. The van der Waals surface area contributed by atoms with Crippen molar-refractivity contribution >= 4 is 65.4 Å². The Morgan fingerprint density at radius 3 is 1.30 bits per heavy atom. The van der Waals surface area contributed by atoms with Crippen molar-refractivity contribution in [1.29, 1.82) is 0 Å². The minimum absolute atomic E-state index is 0.550. The fourth-order valence-corrected chi connectivity index (χ4v) is 7.16. The van der Waals surface area contributed by atoms with Crippen LogP contribution in [0.5, 0.6) is 0 Å². The van der Waals surface area contributed by atoms with Gasteiger partial charge in [0.25, 0.3) is 0 Å². The number of benzene rings is 9. The van der Waals surface area contributed by atoms with Crippen molar-refractivity contribution in [3.05, 3.63) is 211 Å². The highest BCUT2D eigenvalue weighted by atomic mass is 15.1. The van der Waals surface area contributed by atoms with Gasteiger partial charge in [0, 0.05) is 49.1 Å². The van der Waals surface area contributed by atoms with Crippen molar-refractivity contribution in [2.45, 2.75) is 0 Å². The van der Waals surface area contributed by atoms with Crippen LogP contribution in [0.4, 0.5) is 0 Å². The third-order valence-corrected chi connectivity index (χ3v) is 9.39. The van der Waals surface area contributed by atoms with Crippen LogP contribution in [0.3, 0.4) is 0 Å². The van der Waals surface area contributed by atoms with Crippen molar-refractivity contribution < 1.29 is 48.0 Å². The summed E-state index contributed by atoms with van der Waals surface area (Å²) >= 11 is 0. The Morgan fingerprint density at radius 2 is 0.719 bits per heavy atom. The van der Waals surface area contributed by atoms with E-state index in [0.29, 0.717) is 13.7 Å². The monoisotopic (exact) mass is 761 g/mol. The summed E-state index contributed by atoms with van der Waals surface area (Å²) in [5.41, 5.74) is -12.3. The van der Waals surface area contributed by atoms with Gasteiger partial charge in [-0.05, 0) is 59.5 Å². The molecular formula is C54H35N3. The third-order valence-electron chi connectivity index (χ3n) is 9.39. The highest BCUT2D eigenvalue weighted by Gasteiger charge is 2.24. The number of rotatable bonds is 5. The predicted molar refractivity (Wildman–Crippen MR) is 240 cm³/mol. The van der Waals surface area contributed by atoms with E-state index in [2.05, 4.69) is 0 Å². The highest BCUT2D eigenvalue weighted by molar-refractivity contribution is 6.16. The molecule has 12 rings (SSSR count). The van der Waals surface area contributed by atoms with Crippen LogP contribution in [0.1, 0.15) is 48.0 Å². The topological polar surface area (TPSA) is 14.8 Å². The standard InChI is InChI=1S/C54H35N3/c1-3-17-36(18-4-1)39-25-15-26-40(37-19-5-2-6-20-37)53(39)57-50-31-14-9-23-43(50)45-27-16-32-52(54(45)57)56-49-30-13-10-24-44(49)46-35-38(33-34-51(46)56)55-47-28-11-7-21-41(47)42-22-8-12-29-48(42)55/h1-35H/i1D,2D,3D,4D,5D,6D,7D,8D,9D,10D,11D,12D,13D,14D,15D,16D,17D,18D,19D,20D,21D,22D,23D,24D,25D,26D,27D,28D,29D,30D,31D,32D,33D,34D,35D. The molecule has 0 saturated heterocycles. The molecule has 0 unspecified atom stereocenters. The van der Waals surface area contributed by atoms with Crippen LogP contribution < -0.4 is 0 Å². The first-order chi connectivity index (χ1) is 42.9. The number of hydrogen-bond acceptors (Lipinski definition) is 0. The zero-order valence-corrected chi connectivity index (χ0v) is 28.3. The van der Waals surface area contributed by atoms with Gasteiger partial charge in [0.1, 0.15) is 0 Å². The molecule has 0 saturated carbocycles. The molecule has 0 atom stereocenters. The van der Waals surface area contributed by atoms with E-state index in [0.717, 1.165) is 0 Å². The van der Waals surface area contributed by atoms with Crippen LogP contribution >= 0.6 is 0 Å². The Balaban J connectivity index is 1.45. The van der Waals surface area contributed by atoms with E-state index in [-0.39, 0.29) is 0 Å². The minimum Gasteiger partial charge on any atom is -0.309 e. The average Bonchev–Trinajstić information content (AvgIpc) is 1.48. The Hall–Kier alpha value is -7.62. The molecule has 266 valence electrons. The fraction of sp³-hybridized carbons (Fsp3) is 0. The van der Waals surface area contributed by atoms with E-state index in [1.54, 1.807) is 0 Å². The van der Waals surface area contributed by atoms with E-state index in [4.69, 9.17) is 21.9 Å². The lowest BCUT2D eigenvalue weighted by Gasteiger charge is -2.21. The van der Waals surface area contributed by atoms with E-state index < -0.39 is 316 Å². The summed E-state index contributed by atoms with van der Waals surface area (Å²) in [6, 6.07) is -37.7. The molecule has 12 aromatic rings. The van der Waals surface area contributed by atoms with E-state index >= 15 is 0 Å². The van der Waals surface area contributed by atoms with Gasteiger partial charge in [0.2, 0.25) is 0 Å². The molecule has 3 heterocycles. The smallest absolute Gasteiger partial charge is 0.0782 e. The second kappa shape index (κ2) is 12.5. The van der Waals surface area contributed by atoms with E-state index in [1.165, 1.54) is 0 Å². The molecule has 9 aromatic carbocycles. The summed E-state index contributed by atoms with van der Waals surface area (Å²) in [5.74, 6) is 0. The lowest BCUT2D eigenvalue weighted by atomic mass is 9.95. The molecule has 0 fully saturated rings. The van der Waals surface area contributed by atoms with Gasteiger partial charge in [0.05, 0.1) is 92.5 Å². The van der Waals surface area contributed by atoms with Crippen LogP contribution in [-0.2, 0) is 0 Å². The summed E-state index contributed by atoms with van der Waals surface area (Å²) < 4.78 is 325. The molecule has 3 aromatic heterocycles. The van der Waals surface area contributed by atoms with Crippen LogP contribution in [-0.4, -0.2) is 13.7 Å². The maximum Gasteiger partial charge on any atom is 0.0782 e. The first kappa shape index (κ1) is 12.7. The molecule has 0 aliphatic heterocycles. The van der Waals surface area contributed by atoms with Crippen LogP contribution in [0.15, 0.2) is 211 Å². The van der Waals surface area contributed by atoms with Gasteiger partial charge in [-0.3, -0.25) is 0 Å². The van der Waals surface area contributed by atoms with E-state index in [9.17, 15) is 26.0 Å². The van der Waals surface area contributed by atoms with Gasteiger partial charge in [-0.15, -0.1) is 0 Å². The van der Waals surface area contributed by atoms with Gasteiger partial charge in [0.15, 0.2) is 0 Å². The largest absolute Gasteiger partial charge is 0.309 e. The normalized spacial score (nSPS) is 20.5. The number of fused-ring (bicyclic) bond motifs is 9. The molecule has 0 N–H and O–H groups in total. The van der Waals surface area contributed by atoms with Crippen molar-refractivity contribution in [3.8, 4) is 39.3 Å². The lowest BCUT2D eigenvalue weighted by Crippen LogP contribution is -2.04. The van der Waals surface area contributed by atoms with Crippen molar-refractivity contribution in [1.82, 2.24) is 13.7 Å². The fourth-order valence-electron chi connectivity index (χ4n) is 7.16. The van der Waals surface area contributed by atoms with Gasteiger partial charge in [-0.2, -0.15) is 0 Å². The van der Waals surface area contributed by atoms with Gasteiger partial charge >= 0.3 is 0 Å². The zero-order valence-electron chi connectivity index (χ0n) is 63.3. The summed E-state index contributed by atoms with van der Waals surface area (Å²) in [4.78, 5) is 0. The second-order valence-electron chi connectivity index (χ2n) is 12.3. The second-order valence-corrected chi connectivity index (χ2v) is 12.3. The molecule has 3 heteroatoms.